The molecule has 0 aliphatic heterocycles. The fraction of sp³-hybridized carbons (Fsp3) is 0.923. The van der Waals surface area contributed by atoms with Gasteiger partial charge in [-0.2, -0.15) is 0 Å². The zero-order valence-electron chi connectivity index (χ0n) is 12.1. The second-order valence-corrected chi connectivity index (χ2v) is 5.66. The molecule has 1 fully saturated rings. The van der Waals surface area contributed by atoms with Gasteiger partial charge in [-0.25, -0.2) is 4.68 Å². The largest absolute Gasteiger partial charge is 0.328 e. The number of aryl methyl sites for hydroxylation is 1. The van der Waals surface area contributed by atoms with Crippen molar-refractivity contribution in [3.05, 3.63) is 5.82 Å². The zero-order valence-corrected chi connectivity index (χ0v) is 12.1. The molecule has 0 aromatic carbocycles. The summed E-state index contributed by atoms with van der Waals surface area (Å²) in [5.74, 6) is 0.978. The normalized spacial score (nSPS) is 24.0. The zero-order chi connectivity index (χ0) is 13.7. The highest BCUT2D eigenvalue weighted by Crippen LogP contribution is 2.22. The van der Waals surface area contributed by atoms with Crippen LogP contribution >= 0.6 is 0 Å². The molecule has 108 valence electrons. The average molecular weight is 266 g/mol. The Kier molecular flexibility index (Phi) is 5.27. The first-order valence-electron chi connectivity index (χ1n) is 7.41. The van der Waals surface area contributed by atoms with Crippen molar-refractivity contribution in [3.63, 3.8) is 0 Å². The summed E-state index contributed by atoms with van der Waals surface area (Å²) in [6, 6.07) is 1.02. The SMILES string of the molecule is CCCCn1nnnc1CN(C)C1CCC(N)CC1. The van der Waals surface area contributed by atoms with Crippen molar-refractivity contribution in [1.82, 2.24) is 25.1 Å². The van der Waals surface area contributed by atoms with Crippen LogP contribution in [0.15, 0.2) is 0 Å². The quantitative estimate of drug-likeness (QED) is 0.837. The van der Waals surface area contributed by atoms with E-state index >= 15 is 0 Å². The number of aromatic nitrogens is 4. The minimum Gasteiger partial charge on any atom is -0.328 e. The fourth-order valence-electron chi connectivity index (χ4n) is 2.71. The lowest BCUT2D eigenvalue weighted by molar-refractivity contribution is 0.170. The van der Waals surface area contributed by atoms with Crippen LogP contribution in [0, 0.1) is 0 Å². The number of tetrazole rings is 1. The smallest absolute Gasteiger partial charge is 0.165 e. The summed E-state index contributed by atoms with van der Waals surface area (Å²) in [6.07, 6.45) is 6.93. The number of rotatable bonds is 6. The molecule has 0 saturated heterocycles. The number of hydrogen-bond donors (Lipinski definition) is 1. The topological polar surface area (TPSA) is 72.9 Å². The first-order valence-corrected chi connectivity index (χ1v) is 7.41. The molecular weight excluding hydrogens is 240 g/mol. The molecule has 0 amide bonds. The van der Waals surface area contributed by atoms with Crippen LogP contribution in [0.5, 0.6) is 0 Å². The van der Waals surface area contributed by atoms with Gasteiger partial charge in [0.2, 0.25) is 0 Å². The molecule has 6 heteroatoms. The highest BCUT2D eigenvalue weighted by atomic mass is 15.5. The Morgan fingerprint density at radius 2 is 2.05 bits per heavy atom. The van der Waals surface area contributed by atoms with E-state index in [1.807, 2.05) is 4.68 Å². The van der Waals surface area contributed by atoms with Gasteiger partial charge in [0.05, 0.1) is 6.54 Å². The highest BCUT2D eigenvalue weighted by molar-refractivity contribution is 4.85. The van der Waals surface area contributed by atoms with Crippen LogP contribution in [-0.2, 0) is 13.1 Å². The second kappa shape index (κ2) is 6.96. The summed E-state index contributed by atoms with van der Waals surface area (Å²) in [6.45, 7) is 3.93. The Balaban J connectivity index is 1.87. The number of unbranched alkanes of at least 4 members (excludes halogenated alkanes) is 1. The molecule has 1 aliphatic carbocycles. The van der Waals surface area contributed by atoms with Gasteiger partial charge in [0.15, 0.2) is 5.82 Å². The lowest BCUT2D eigenvalue weighted by atomic mass is 9.91. The number of hydrogen-bond acceptors (Lipinski definition) is 5. The van der Waals surface area contributed by atoms with Gasteiger partial charge in [-0.3, -0.25) is 4.90 Å². The summed E-state index contributed by atoms with van der Waals surface area (Å²) in [7, 11) is 2.17. The van der Waals surface area contributed by atoms with Crippen molar-refractivity contribution >= 4 is 0 Å². The summed E-state index contributed by atoms with van der Waals surface area (Å²) in [5.41, 5.74) is 5.96. The molecule has 2 N–H and O–H groups in total. The minimum absolute atomic E-state index is 0.402. The summed E-state index contributed by atoms with van der Waals surface area (Å²) < 4.78 is 1.94. The minimum atomic E-state index is 0.402. The van der Waals surface area contributed by atoms with Gasteiger partial charge in [-0.1, -0.05) is 13.3 Å². The van der Waals surface area contributed by atoms with E-state index in [-0.39, 0.29) is 0 Å². The lowest BCUT2D eigenvalue weighted by Gasteiger charge is -2.33. The molecule has 0 spiro atoms. The molecule has 1 aromatic rings. The van der Waals surface area contributed by atoms with Gasteiger partial charge in [0.25, 0.3) is 0 Å². The third-order valence-electron chi connectivity index (χ3n) is 4.09. The average Bonchev–Trinajstić information content (AvgIpc) is 2.84. The monoisotopic (exact) mass is 266 g/mol. The van der Waals surface area contributed by atoms with Crippen LogP contribution in [0.4, 0.5) is 0 Å². The number of nitrogens with two attached hydrogens (primary N) is 1. The fourth-order valence-corrected chi connectivity index (χ4v) is 2.71. The van der Waals surface area contributed by atoms with Crippen LogP contribution < -0.4 is 5.73 Å². The van der Waals surface area contributed by atoms with Crippen LogP contribution in [0.3, 0.4) is 0 Å². The molecule has 1 aliphatic rings. The van der Waals surface area contributed by atoms with Crippen molar-refractivity contribution in [2.75, 3.05) is 7.05 Å². The van der Waals surface area contributed by atoms with E-state index in [1.54, 1.807) is 0 Å². The Hall–Kier alpha value is -1.01. The van der Waals surface area contributed by atoms with E-state index < -0.39 is 0 Å². The van der Waals surface area contributed by atoms with E-state index in [2.05, 4.69) is 34.4 Å². The molecule has 0 radical (unpaired) electrons. The van der Waals surface area contributed by atoms with Crippen LogP contribution in [-0.4, -0.2) is 44.2 Å². The molecule has 19 heavy (non-hydrogen) atoms. The Bertz CT molecular complexity index is 369. The van der Waals surface area contributed by atoms with E-state index in [0.29, 0.717) is 12.1 Å². The molecule has 0 unspecified atom stereocenters. The van der Waals surface area contributed by atoms with Crippen molar-refractivity contribution in [2.24, 2.45) is 5.73 Å². The van der Waals surface area contributed by atoms with Gasteiger partial charge in [0, 0.05) is 18.6 Å². The van der Waals surface area contributed by atoms with E-state index in [0.717, 1.165) is 44.6 Å². The van der Waals surface area contributed by atoms with Crippen LogP contribution in [0.2, 0.25) is 0 Å². The van der Waals surface area contributed by atoms with E-state index in [9.17, 15) is 0 Å². The first kappa shape index (κ1) is 14.4. The molecular formula is C13H26N6. The Labute approximate surface area is 115 Å². The maximum Gasteiger partial charge on any atom is 0.165 e. The van der Waals surface area contributed by atoms with Gasteiger partial charge >= 0.3 is 0 Å². The molecule has 2 rings (SSSR count). The summed E-state index contributed by atoms with van der Waals surface area (Å²) in [5, 5.41) is 12.0. The summed E-state index contributed by atoms with van der Waals surface area (Å²) in [4.78, 5) is 2.38. The predicted molar refractivity (Wildman–Crippen MR) is 74.4 cm³/mol. The van der Waals surface area contributed by atoms with Crippen LogP contribution in [0.25, 0.3) is 0 Å². The Morgan fingerprint density at radius 3 is 2.74 bits per heavy atom. The summed E-state index contributed by atoms with van der Waals surface area (Å²) >= 11 is 0. The third-order valence-corrected chi connectivity index (χ3v) is 4.09. The first-order chi connectivity index (χ1) is 9.20. The van der Waals surface area contributed by atoms with Crippen molar-refractivity contribution < 1.29 is 0 Å². The molecule has 6 nitrogen and oxygen atoms in total. The van der Waals surface area contributed by atoms with E-state index in [1.165, 1.54) is 12.8 Å². The van der Waals surface area contributed by atoms with Gasteiger partial charge in [0.1, 0.15) is 0 Å². The van der Waals surface area contributed by atoms with Gasteiger partial charge < -0.3 is 5.73 Å². The van der Waals surface area contributed by atoms with Crippen molar-refractivity contribution in [1.29, 1.82) is 0 Å². The second-order valence-electron chi connectivity index (χ2n) is 5.66. The molecule has 1 aromatic heterocycles. The lowest BCUT2D eigenvalue weighted by Crippen LogP contribution is -2.38. The maximum absolute atomic E-state index is 5.96. The maximum atomic E-state index is 5.96. The molecule has 0 atom stereocenters. The van der Waals surface area contributed by atoms with Crippen molar-refractivity contribution in [2.45, 2.75) is 70.6 Å². The van der Waals surface area contributed by atoms with Crippen LogP contribution in [0.1, 0.15) is 51.3 Å². The molecule has 1 heterocycles. The predicted octanol–water partition coefficient (Wildman–Crippen LogP) is 1.17. The van der Waals surface area contributed by atoms with Gasteiger partial charge in [-0.05, 0) is 49.6 Å². The van der Waals surface area contributed by atoms with E-state index in [4.69, 9.17) is 5.73 Å². The third kappa shape index (κ3) is 3.98. The highest BCUT2D eigenvalue weighted by Gasteiger charge is 2.23. The van der Waals surface area contributed by atoms with Gasteiger partial charge in [-0.15, -0.1) is 5.10 Å². The molecule has 0 bridgehead atoms. The molecule has 1 saturated carbocycles. The van der Waals surface area contributed by atoms with Crippen molar-refractivity contribution in [3.8, 4) is 0 Å². The number of nitrogens with zero attached hydrogens (tertiary/aromatic N) is 5. The standard InChI is InChI=1S/C13H26N6/c1-3-4-9-19-13(15-16-17-19)10-18(2)12-7-5-11(14)6-8-12/h11-12H,3-10,14H2,1-2H3. The Morgan fingerprint density at radius 1 is 1.32 bits per heavy atom.